The normalized spacial score (nSPS) is 29.5. The fourth-order valence-electron chi connectivity index (χ4n) is 3.52. The summed E-state index contributed by atoms with van der Waals surface area (Å²) in [5.74, 6) is 0.684. The number of carboxylic acid groups (broad SMARTS) is 1. The van der Waals surface area contributed by atoms with Gasteiger partial charge in [0.2, 0.25) is 5.91 Å². The third-order valence-electron chi connectivity index (χ3n) is 4.57. The molecule has 2 rings (SSSR count). The van der Waals surface area contributed by atoms with Crippen LogP contribution in [0.5, 0.6) is 0 Å². The molecule has 0 aromatic rings. The average molecular weight is 267 g/mol. The highest BCUT2D eigenvalue weighted by Crippen LogP contribution is 2.56. The molecule has 19 heavy (non-hydrogen) atoms. The summed E-state index contributed by atoms with van der Waals surface area (Å²) in [6.07, 6.45) is 4.88. The van der Waals surface area contributed by atoms with E-state index in [4.69, 9.17) is 5.11 Å². The van der Waals surface area contributed by atoms with Crippen LogP contribution in [0.2, 0.25) is 0 Å². The summed E-state index contributed by atoms with van der Waals surface area (Å²) in [5, 5.41) is 8.83. The summed E-state index contributed by atoms with van der Waals surface area (Å²) in [4.78, 5) is 25.2. The maximum atomic E-state index is 12.7. The van der Waals surface area contributed by atoms with Gasteiger partial charge in [0.05, 0.1) is 6.42 Å². The zero-order valence-electron chi connectivity index (χ0n) is 12.2. The molecule has 2 aliphatic carbocycles. The van der Waals surface area contributed by atoms with Crippen molar-refractivity contribution < 1.29 is 14.7 Å². The fraction of sp³-hybridized carbons (Fsp3) is 0.867. The molecule has 0 bridgehead atoms. The zero-order valence-corrected chi connectivity index (χ0v) is 12.2. The zero-order chi connectivity index (χ0) is 14.2. The van der Waals surface area contributed by atoms with E-state index in [0.717, 1.165) is 0 Å². The summed E-state index contributed by atoms with van der Waals surface area (Å²) >= 11 is 0. The van der Waals surface area contributed by atoms with Gasteiger partial charge in [-0.25, -0.2) is 0 Å². The number of carbonyl (C=O) groups excluding carboxylic acids is 1. The van der Waals surface area contributed by atoms with Crippen molar-refractivity contribution in [2.24, 2.45) is 17.8 Å². The first-order valence-corrected chi connectivity index (χ1v) is 7.35. The molecule has 1 N–H and O–H groups in total. The van der Waals surface area contributed by atoms with E-state index in [2.05, 4.69) is 0 Å². The number of hydrogen-bond donors (Lipinski definition) is 1. The minimum absolute atomic E-state index is 0.0328. The van der Waals surface area contributed by atoms with E-state index in [0.29, 0.717) is 18.4 Å². The second-order valence-corrected chi connectivity index (χ2v) is 6.94. The number of carbonyl (C=O) groups is 2. The van der Waals surface area contributed by atoms with E-state index < -0.39 is 5.97 Å². The SMILES string of the molecule is CC(C)(C)N(CCC(=O)O)C(=O)C1C2CCCCC21. The Morgan fingerprint density at radius 1 is 1.16 bits per heavy atom. The standard InChI is InChI=1S/C15H25NO3/c1-15(2,3)16(9-8-12(17)18)14(19)13-10-6-4-5-7-11(10)13/h10-11,13H,4-9H2,1-3H3,(H,17,18). The van der Waals surface area contributed by atoms with Gasteiger partial charge in [-0.1, -0.05) is 12.8 Å². The van der Waals surface area contributed by atoms with E-state index >= 15 is 0 Å². The van der Waals surface area contributed by atoms with Crippen LogP contribution in [0, 0.1) is 17.8 Å². The third kappa shape index (κ3) is 3.10. The largest absolute Gasteiger partial charge is 0.481 e. The van der Waals surface area contributed by atoms with Gasteiger partial charge in [0.1, 0.15) is 0 Å². The molecule has 0 radical (unpaired) electrons. The van der Waals surface area contributed by atoms with E-state index in [1.54, 1.807) is 4.90 Å². The molecule has 108 valence electrons. The van der Waals surface area contributed by atoms with Gasteiger partial charge in [-0.3, -0.25) is 9.59 Å². The predicted octanol–water partition coefficient (Wildman–Crippen LogP) is 2.52. The minimum Gasteiger partial charge on any atom is -0.481 e. The van der Waals surface area contributed by atoms with Gasteiger partial charge in [-0.2, -0.15) is 0 Å². The van der Waals surface area contributed by atoms with Crippen LogP contribution in [-0.4, -0.2) is 34.0 Å². The van der Waals surface area contributed by atoms with Gasteiger partial charge in [0.15, 0.2) is 0 Å². The van der Waals surface area contributed by atoms with Crippen molar-refractivity contribution in [1.29, 1.82) is 0 Å². The lowest BCUT2D eigenvalue weighted by Crippen LogP contribution is -2.47. The maximum absolute atomic E-state index is 12.7. The molecule has 0 aromatic carbocycles. The summed E-state index contributed by atoms with van der Waals surface area (Å²) < 4.78 is 0. The van der Waals surface area contributed by atoms with Crippen LogP contribution in [0.25, 0.3) is 0 Å². The molecule has 4 heteroatoms. The molecule has 4 nitrogen and oxygen atoms in total. The van der Waals surface area contributed by atoms with Crippen LogP contribution in [0.15, 0.2) is 0 Å². The Labute approximate surface area is 115 Å². The summed E-state index contributed by atoms with van der Waals surface area (Å²) in [6.45, 7) is 6.28. The van der Waals surface area contributed by atoms with Gasteiger partial charge >= 0.3 is 5.97 Å². The van der Waals surface area contributed by atoms with Crippen LogP contribution in [-0.2, 0) is 9.59 Å². The van der Waals surface area contributed by atoms with E-state index in [9.17, 15) is 9.59 Å². The van der Waals surface area contributed by atoms with Crippen molar-refractivity contribution >= 4 is 11.9 Å². The molecule has 0 spiro atoms. The number of amides is 1. The molecule has 0 aliphatic heterocycles. The Morgan fingerprint density at radius 2 is 1.68 bits per heavy atom. The van der Waals surface area contributed by atoms with Gasteiger partial charge < -0.3 is 10.0 Å². The number of nitrogens with zero attached hydrogens (tertiary/aromatic N) is 1. The topological polar surface area (TPSA) is 57.6 Å². The van der Waals surface area contributed by atoms with Gasteiger partial charge in [0.25, 0.3) is 0 Å². The Bertz CT molecular complexity index is 360. The highest BCUT2D eigenvalue weighted by molar-refractivity contribution is 5.83. The van der Waals surface area contributed by atoms with Gasteiger partial charge in [-0.05, 0) is 45.4 Å². The second-order valence-electron chi connectivity index (χ2n) is 6.94. The van der Waals surface area contributed by atoms with Crippen molar-refractivity contribution in [1.82, 2.24) is 4.90 Å². The Balaban J connectivity index is 2.02. The molecular formula is C15H25NO3. The Morgan fingerprint density at radius 3 is 2.11 bits per heavy atom. The monoisotopic (exact) mass is 267 g/mol. The van der Waals surface area contributed by atoms with Crippen LogP contribution in [0.3, 0.4) is 0 Å². The summed E-state index contributed by atoms with van der Waals surface area (Å²) in [6, 6.07) is 0. The second kappa shape index (κ2) is 5.14. The molecule has 1 amide bonds. The van der Waals surface area contributed by atoms with Crippen molar-refractivity contribution in [2.75, 3.05) is 6.54 Å². The smallest absolute Gasteiger partial charge is 0.305 e. The molecule has 2 aliphatic rings. The molecular weight excluding hydrogens is 242 g/mol. The lowest BCUT2D eigenvalue weighted by Gasteiger charge is -2.36. The number of aliphatic carboxylic acids is 1. The lowest BCUT2D eigenvalue weighted by atomic mass is 10.0. The van der Waals surface area contributed by atoms with Crippen molar-refractivity contribution in [2.45, 2.75) is 58.4 Å². The van der Waals surface area contributed by atoms with Crippen LogP contribution >= 0.6 is 0 Å². The number of carboxylic acids is 1. The van der Waals surface area contributed by atoms with E-state index in [-0.39, 0.29) is 23.8 Å². The molecule has 0 aromatic heterocycles. The van der Waals surface area contributed by atoms with Gasteiger partial charge in [-0.15, -0.1) is 0 Å². The summed E-state index contributed by atoms with van der Waals surface area (Å²) in [5.41, 5.74) is -0.293. The lowest BCUT2D eigenvalue weighted by molar-refractivity contribution is -0.141. The first-order valence-electron chi connectivity index (χ1n) is 7.35. The fourth-order valence-corrected chi connectivity index (χ4v) is 3.52. The molecule has 0 heterocycles. The van der Waals surface area contributed by atoms with E-state index in [1.807, 2.05) is 20.8 Å². The predicted molar refractivity (Wildman–Crippen MR) is 72.7 cm³/mol. The van der Waals surface area contributed by atoms with Crippen LogP contribution in [0.4, 0.5) is 0 Å². The molecule has 2 unspecified atom stereocenters. The number of hydrogen-bond acceptors (Lipinski definition) is 2. The quantitative estimate of drug-likeness (QED) is 0.851. The highest BCUT2D eigenvalue weighted by atomic mass is 16.4. The number of fused-ring (bicyclic) bond motifs is 1. The van der Waals surface area contributed by atoms with E-state index in [1.165, 1.54) is 25.7 Å². The average Bonchev–Trinajstić information content (AvgIpc) is 3.00. The first kappa shape index (κ1) is 14.4. The Hall–Kier alpha value is -1.06. The minimum atomic E-state index is -0.838. The van der Waals surface area contributed by atoms with Crippen LogP contribution in [0.1, 0.15) is 52.9 Å². The van der Waals surface area contributed by atoms with Crippen molar-refractivity contribution in [3.8, 4) is 0 Å². The van der Waals surface area contributed by atoms with Crippen LogP contribution < -0.4 is 0 Å². The van der Waals surface area contributed by atoms with Crippen molar-refractivity contribution in [3.05, 3.63) is 0 Å². The highest BCUT2D eigenvalue weighted by Gasteiger charge is 2.56. The first-order chi connectivity index (χ1) is 8.82. The molecule has 2 fully saturated rings. The maximum Gasteiger partial charge on any atom is 0.305 e. The summed E-state index contributed by atoms with van der Waals surface area (Å²) in [7, 11) is 0. The number of rotatable bonds is 4. The molecule has 2 saturated carbocycles. The molecule has 2 atom stereocenters. The molecule has 0 saturated heterocycles. The van der Waals surface area contributed by atoms with Crippen molar-refractivity contribution in [3.63, 3.8) is 0 Å². The third-order valence-corrected chi connectivity index (χ3v) is 4.57. The Kier molecular flexibility index (Phi) is 3.88. The van der Waals surface area contributed by atoms with Gasteiger partial charge in [0, 0.05) is 18.0 Å².